The van der Waals surface area contributed by atoms with Gasteiger partial charge in [0.25, 0.3) is 0 Å². The molecular formula is C13H10N2O2S3. The first-order chi connectivity index (χ1) is 9.70. The average molecular weight is 322 g/mol. The Labute approximate surface area is 127 Å². The van der Waals surface area contributed by atoms with Crippen LogP contribution in [-0.2, 0) is 17.0 Å². The zero-order valence-electron chi connectivity index (χ0n) is 10.3. The van der Waals surface area contributed by atoms with E-state index in [4.69, 9.17) is 5.11 Å². The van der Waals surface area contributed by atoms with E-state index >= 15 is 0 Å². The minimum atomic E-state index is -0.849. The molecule has 0 atom stereocenters. The van der Waals surface area contributed by atoms with Gasteiger partial charge >= 0.3 is 5.97 Å². The van der Waals surface area contributed by atoms with Crippen LogP contribution in [0.5, 0.6) is 0 Å². The van der Waals surface area contributed by atoms with Crippen molar-refractivity contribution in [1.82, 2.24) is 9.97 Å². The molecule has 0 bridgehead atoms. The third-order valence-electron chi connectivity index (χ3n) is 2.52. The number of carbonyl (C=O) groups is 1. The molecule has 0 aliphatic heterocycles. The summed E-state index contributed by atoms with van der Waals surface area (Å²) in [6.45, 7) is 0. The average Bonchev–Trinajstić information content (AvgIpc) is 3.01. The van der Waals surface area contributed by atoms with E-state index < -0.39 is 5.97 Å². The maximum Gasteiger partial charge on any atom is 0.309 e. The highest BCUT2D eigenvalue weighted by Crippen LogP contribution is 2.30. The Morgan fingerprint density at radius 1 is 1.30 bits per heavy atom. The lowest BCUT2D eigenvalue weighted by molar-refractivity contribution is -0.136. The van der Waals surface area contributed by atoms with Gasteiger partial charge in [0, 0.05) is 5.38 Å². The lowest BCUT2D eigenvalue weighted by Gasteiger charge is -1.92. The van der Waals surface area contributed by atoms with Gasteiger partial charge in [-0.1, -0.05) is 23.9 Å². The summed E-state index contributed by atoms with van der Waals surface area (Å²) in [5.74, 6) is -0.0858. The van der Waals surface area contributed by atoms with Crippen molar-refractivity contribution >= 4 is 50.6 Å². The zero-order chi connectivity index (χ0) is 13.9. The molecule has 0 unspecified atom stereocenters. The van der Waals surface area contributed by atoms with Gasteiger partial charge in [-0.05, 0) is 12.1 Å². The minimum Gasteiger partial charge on any atom is -0.481 e. The first-order valence-corrected chi connectivity index (χ1v) is 8.52. The summed E-state index contributed by atoms with van der Waals surface area (Å²) in [6, 6.07) is 8.07. The number of hydrogen-bond donors (Lipinski definition) is 1. The molecule has 0 amide bonds. The molecule has 0 saturated heterocycles. The lowest BCUT2D eigenvalue weighted by Crippen LogP contribution is -1.99. The highest BCUT2D eigenvalue weighted by molar-refractivity contribution is 8.00. The van der Waals surface area contributed by atoms with Crippen LogP contribution in [0.15, 0.2) is 34.0 Å². The highest BCUT2D eigenvalue weighted by atomic mass is 32.2. The predicted octanol–water partition coefficient (Wildman–Crippen LogP) is 3.67. The number of thioether (sulfide) groups is 1. The number of aromatic nitrogens is 2. The van der Waals surface area contributed by atoms with Gasteiger partial charge in [0.05, 0.1) is 28.1 Å². The van der Waals surface area contributed by atoms with Gasteiger partial charge in [-0.25, -0.2) is 9.97 Å². The van der Waals surface area contributed by atoms with Crippen LogP contribution >= 0.6 is 34.4 Å². The highest BCUT2D eigenvalue weighted by Gasteiger charge is 2.08. The third-order valence-corrected chi connectivity index (χ3v) is 5.82. The lowest BCUT2D eigenvalue weighted by atomic mass is 10.3. The topological polar surface area (TPSA) is 63.1 Å². The van der Waals surface area contributed by atoms with Gasteiger partial charge in [0.2, 0.25) is 0 Å². The van der Waals surface area contributed by atoms with Crippen molar-refractivity contribution < 1.29 is 9.90 Å². The SMILES string of the molecule is O=C(O)Cc1csc(SCc2nc3ccccc3s2)n1. The fourth-order valence-corrected chi connectivity index (χ4v) is 4.50. The Kier molecular flexibility index (Phi) is 4.00. The summed E-state index contributed by atoms with van der Waals surface area (Å²) in [5, 5.41) is 11.6. The first kappa shape index (κ1) is 13.5. The summed E-state index contributed by atoms with van der Waals surface area (Å²) in [5.41, 5.74) is 1.65. The first-order valence-electron chi connectivity index (χ1n) is 5.84. The smallest absolute Gasteiger partial charge is 0.309 e. The minimum absolute atomic E-state index is 0.0157. The number of benzene rings is 1. The number of aliphatic carboxylic acids is 1. The van der Waals surface area contributed by atoms with E-state index in [9.17, 15) is 4.79 Å². The molecule has 102 valence electrons. The summed E-state index contributed by atoms with van der Waals surface area (Å²) < 4.78 is 2.08. The van der Waals surface area contributed by atoms with Crippen LogP contribution in [0.25, 0.3) is 10.2 Å². The van der Waals surface area contributed by atoms with Crippen LogP contribution in [-0.4, -0.2) is 21.0 Å². The maximum absolute atomic E-state index is 10.6. The van der Waals surface area contributed by atoms with Crippen molar-refractivity contribution in [2.75, 3.05) is 0 Å². The van der Waals surface area contributed by atoms with E-state index in [2.05, 4.69) is 16.0 Å². The van der Waals surface area contributed by atoms with Crippen LogP contribution in [0.4, 0.5) is 0 Å². The Morgan fingerprint density at radius 2 is 2.15 bits per heavy atom. The summed E-state index contributed by atoms with van der Waals surface area (Å²) in [6.07, 6.45) is -0.0157. The van der Waals surface area contributed by atoms with Gasteiger partial charge in [0.15, 0.2) is 4.34 Å². The Balaban J connectivity index is 1.66. The second kappa shape index (κ2) is 5.90. The molecule has 3 rings (SSSR count). The molecule has 0 spiro atoms. The fourth-order valence-electron chi connectivity index (χ4n) is 1.70. The monoisotopic (exact) mass is 322 g/mol. The van der Waals surface area contributed by atoms with E-state index in [0.717, 1.165) is 20.6 Å². The van der Waals surface area contributed by atoms with Gasteiger partial charge in [-0.2, -0.15) is 0 Å². The molecule has 3 aromatic rings. The van der Waals surface area contributed by atoms with Crippen LogP contribution in [0.1, 0.15) is 10.7 Å². The predicted molar refractivity (Wildman–Crippen MR) is 82.6 cm³/mol. The third kappa shape index (κ3) is 3.17. The molecule has 1 aromatic carbocycles. The van der Waals surface area contributed by atoms with E-state index in [1.165, 1.54) is 16.0 Å². The quantitative estimate of drug-likeness (QED) is 0.726. The molecular weight excluding hydrogens is 312 g/mol. The molecule has 4 nitrogen and oxygen atoms in total. The van der Waals surface area contributed by atoms with Gasteiger partial charge < -0.3 is 5.11 Å². The number of carboxylic acid groups (broad SMARTS) is 1. The van der Waals surface area contributed by atoms with Crippen molar-refractivity contribution in [3.63, 3.8) is 0 Å². The molecule has 7 heteroatoms. The van der Waals surface area contributed by atoms with Crippen molar-refractivity contribution in [2.24, 2.45) is 0 Å². The number of para-hydroxylation sites is 1. The molecule has 20 heavy (non-hydrogen) atoms. The largest absolute Gasteiger partial charge is 0.481 e. The molecule has 1 N–H and O–H groups in total. The van der Waals surface area contributed by atoms with Gasteiger partial charge in [-0.15, -0.1) is 22.7 Å². The number of carboxylic acids is 1. The van der Waals surface area contributed by atoms with Crippen molar-refractivity contribution in [2.45, 2.75) is 16.5 Å². The summed E-state index contributed by atoms with van der Waals surface area (Å²) >= 11 is 4.77. The Morgan fingerprint density at radius 3 is 2.95 bits per heavy atom. The number of thiazole rings is 2. The summed E-state index contributed by atoms with van der Waals surface area (Å²) in [7, 11) is 0. The normalized spacial score (nSPS) is 11.0. The number of rotatable bonds is 5. The zero-order valence-corrected chi connectivity index (χ0v) is 12.7. The molecule has 2 heterocycles. The Bertz CT molecular complexity index is 718. The second-order valence-corrected chi connectivity index (χ2v) is 7.24. The van der Waals surface area contributed by atoms with Crippen LogP contribution < -0.4 is 0 Å². The fraction of sp³-hybridized carbons (Fsp3) is 0.154. The standard InChI is InChI=1S/C13H10N2O2S3/c16-12(17)5-8-6-18-13(14-8)19-7-11-15-9-3-1-2-4-10(9)20-11/h1-4,6H,5,7H2,(H,16,17). The van der Waals surface area contributed by atoms with Crippen LogP contribution in [0, 0.1) is 0 Å². The summed E-state index contributed by atoms with van der Waals surface area (Å²) in [4.78, 5) is 19.5. The van der Waals surface area contributed by atoms with E-state index in [0.29, 0.717) is 5.69 Å². The van der Waals surface area contributed by atoms with E-state index in [1.54, 1.807) is 28.5 Å². The molecule has 0 radical (unpaired) electrons. The van der Waals surface area contributed by atoms with Crippen LogP contribution in [0.2, 0.25) is 0 Å². The van der Waals surface area contributed by atoms with Crippen molar-refractivity contribution in [3.8, 4) is 0 Å². The maximum atomic E-state index is 10.6. The van der Waals surface area contributed by atoms with Crippen molar-refractivity contribution in [1.29, 1.82) is 0 Å². The second-order valence-electron chi connectivity index (χ2n) is 4.04. The van der Waals surface area contributed by atoms with Crippen LogP contribution in [0.3, 0.4) is 0 Å². The number of hydrogen-bond acceptors (Lipinski definition) is 6. The molecule has 0 saturated carbocycles. The Hall–Kier alpha value is -1.44. The number of fused-ring (bicyclic) bond motifs is 1. The molecule has 0 fully saturated rings. The van der Waals surface area contributed by atoms with Gasteiger partial charge in [-0.3, -0.25) is 4.79 Å². The van der Waals surface area contributed by atoms with Gasteiger partial charge in [0.1, 0.15) is 5.01 Å². The van der Waals surface area contributed by atoms with Crippen molar-refractivity contribution in [3.05, 3.63) is 40.3 Å². The molecule has 2 aromatic heterocycles. The number of nitrogens with zero attached hydrogens (tertiary/aromatic N) is 2. The van der Waals surface area contributed by atoms with E-state index in [-0.39, 0.29) is 6.42 Å². The van der Waals surface area contributed by atoms with E-state index in [1.807, 2.05) is 18.2 Å². The molecule has 0 aliphatic carbocycles. The molecule has 0 aliphatic rings.